The summed E-state index contributed by atoms with van der Waals surface area (Å²) in [7, 11) is 0. The van der Waals surface area contributed by atoms with Crippen molar-refractivity contribution in [2.75, 3.05) is 11.5 Å². The number of thioether (sulfide) groups is 1. The molecule has 0 radical (unpaired) electrons. The van der Waals surface area contributed by atoms with Crippen LogP contribution in [0.5, 0.6) is 0 Å². The molecule has 3 rings (SSSR count). The summed E-state index contributed by atoms with van der Waals surface area (Å²) in [5.74, 6) is 2.59. The molecule has 6 nitrogen and oxygen atoms in total. The summed E-state index contributed by atoms with van der Waals surface area (Å²) < 4.78 is 2.33. The molecule has 2 N–H and O–H groups in total. The number of pyridine rings is 1. The van der Waals surface area contributed by atoms with Crippen molar-refractivity contribution in [2.45, 2.75) is 51.7 Å². The van der Waals surface area contributed by atoms with Crippen molar-refractivity contribution < 1.29 is 0 Å². The monoisotopic (exact) mass is 356 g/mol. The Morgan fingerprint density at radius 3 is 2.64 bits per heavy atom. The highest BCUT2D eigenvalue weighted by Gasteiger charge is 2.16. The van der Waals surface area contributed by atoms with Gasteiger partial charge in [0.25, 0.3) is 0 Å². The van der Waals surface area contributed by atoms with E-state index in [1.807, 2.05) is 13.0 Å². The largest absolute Gasteiger partial charge is 0.382 e. The number of anilines is 1. The van der Waals surface area contributed by atoms with E-state index in [2.05, 4.69) is 33.4 Å². The Bertz CT molecular complexity index is 859. The summed E-state index contributed by atoms with van der Waals surface area (Å²) in [6.07, 6.45) is 6.58. The number of nitrogen functional groups attached to an aromatic ring is 1. The summed E-state index contributed by atoms with van der Waals surface area (Å²) in [6.45, 7) is 7.19. The SMILES string of the molecule is CCCc1nc2c(N)nc(C)c(C)c2n1CCCSc1ncccn1. The molecule has 0 unspecified atom stereocenters. The molecule has 0 aliphatic rings. The molecule has 0 saturated heterocycles. The van der Waals surface area contributed by atoms with Crippen LogP contribution < -0.4 is 5.73 Å². The first-order valence-corrected chi connectivity index (χ1v) is 9.62. The number of nitrogens with two attached hydrogens (primary N) is 1. The van der Waals surface area contributed by atoms with Crippen LogP contribution in [-0.4, -0.2) is 30.3 Å². The molecule has 0 amide bonds. The minimum Gasteiger partial charge on any atom is -0.382 e. The molecule has 0 fully saturated rings. The Balaban J connectivity index is 1.82. The standard InChI is InChI=1S/C18H24N6S/c1-4-7-14-23-15-16(12(2)13(3)22-17(15)19)24(14)10-6-11-25-18-20-8-5-9-21-18/h5,8-9H,4,6-7,10-11H2,1-3H3,(H2,19,22). The fraction of sp³-hybridized carbons (Fsp3) is 0.444. The molecule has 0 aromatic carbocycles. The van der Waals surface area contributed by atoms with E-state index in [1.165, 1.54) is 0 Å². The van der Waals surface area contributed by atoms with E-state index in [0.29, 0.717) is 5.82 Å². The molecule has 3 aromatic heterocycles. The summed E-state index contributed by atoms with van der Waals surface area (Å²) in [6, 6.07) is 1.84. The predicted molar refractivity (Wildman–Crippen MR) is 103 cm³/mol. The van der Waals surface area contributed by atoms with Gasteiger partial charge in [-0.15, -0.1) is 0 Å². The van der Waals surface area contributed by atoms with E-state index >= 15 is 0 Å². The van der Waals surface area contributed by atoms with Gasteiger partial charge in [-0.3, -0.25) is 0 Å². The van der Waals surface area contributed by atoms with E-state index in [-0.39, 0.29) is 0 Å². The lowest BCUT2D eigenvalue weighted by Crippen LogP contribution is -2.06. The van der Waals surface area contributed by atoms with Gasteiger partial charge in [0, 0.05) is 36.8 Å². The van der Waals surface area contributed by atoms with Crippen LogP contribution in [-0.2, 0) is 13.0 Å². The summed E-state index contributed by atoms with van der Waals surface area (Å²) >= 11 is 1.68. The first kappa shape index (κ1) is 17.7. The quantitative estimate of drug-likeness (QED) is 0.396. The van der Waals surface area contributed by atoms with Crippen molar-refractivity contribution in [2.24, 2.45) is 0 Å². The minimum absolute atomic E-state index is 0.529. The third-order valence-corrected chi connectivity index (χ3v) is 5.21. The number of rotatable bonds is 7. The maximum atomic E-state index is 6.13. The van der Waals surface area contributed by atoms with E-state index in [4.69, 9.17) is 10.7 Å². The Hall–Kier alpha value is -2.15. The van der Waals surface area contributed by atoms with Crippen LogP contribution in [0.1, 0.15) is 36.8 Å². The Morgan fingerprint density at radius 2 is 1.92 bits per heavy atom. The fourth-order valence-electron chi connectivity index (χ4n) is 2.95. The molecule has 0 aliphatic carbocycles. The normalized spacial score (nSPS) is 11.3. The number of aryl methyl sites for hydroxylation is 4. The van der Waals surface area contributed by atoms with Crippen LogP contribution in [0.2, 0.25) is 0 Å². The van der Waals surface area contributed by atoms with E-state index in [9.17, 15) is 0 Å². The highest BCUT2D eigenvalue weighted by molar-refractivity contribution is 7.99. The van der Waals surface area contributed by atoms with Gasteiger partial charge in [-0.25, -0.2) is 19.9 Å². The molecule has 0 bridgehead atoms. The number of fused-ring (bicyclic) bond motifs is 1. The second kappa shape index (κ2) is 7.82. The smallest absolute Gasteiger partial charge is 0.187 e. The number of hydrogen-bond donors (Lipinski definition) is 1. The molecular formula is C18H24N6S. The van der Waals surface area contributed by atoms with Gasteiger partial charge < -0.3 is 10.3 Å². The van der Waals surface area contributed by atoms with E-state index in [0.717, 1.165) is 64.8 Å². The molecule has 132 valence electrons. The van der Waals surface area contributed by atoms with Crippen LogP contribution >= 0.6 is 11.8 Å². The first-order valence-electron chi connectivity index (χ1n) is 8.63. The minimum atomic E-state index is 0.529. The van der Waals surface area contributed by atoms with Crippen molar-refractivity contribution in [3.63, 3.8) is 0 Å². The summed E-state index contributed by atoms with van der Waals surface area (Å²) in [4.78, 5) is 17.7. The van der Waals surface area contributed by atoms with Gasteiger partial charge in [0.1, 0.15) is 11.3 Å². The lowest BCUT2D eigenvalue weighted by molar-refractivity contribution is 0.648. The second-order valence-corrected chi connectivity index (χ2v) is 7.13. The zero-order chi connectivity index (χ0) is 17.8. The molecule has 0 atom stereocenters. The number of imidazole rings is 1. The van der Waals surface area contributed by atoms with Crippen LogP contribution in [0, 0.1) is 13.8 Å². The predicted octanol–water partition coefficient (Wildman–Crippen LogP) is 3.56. The highest BCUT2D eigenvalue weighted by atomic mass is 32.2. The van der Waals surface area contributed by atoms with Crippen molar-refractivity contribution in [3.8, 4) is 0 Å². The topological polar surface area (TPSA) is 82.5 Å². The molecule has 0 aliphatic heterocycles. The van der Waals surface area contributed by atoms with Crippen molar-refractivity contribution in [1.82, 2.24) is 24.5 Å². The lowest BCUT2D eigenvalue weighted by Gasteiger charge is -2.11. The van der Waals surface area contributed by atoms with Crippen LogP contribution in [0.4, 0.5) is 5.82 Å². The van der Waals surface area contributed by atoms with Gasteiger partial charge in [-0.1, -0.05) is 18.7 Å². The zero-order valence-corrected chi connectivity index (χ0v) is 15.8. The average molecular weight is 356 g/mol. The van der Waals surface area contributed by atoms with Gasteiger partial charge in [0.15, 0.2) is 11.0 Å². The van der Waals surface area contributed by atoms with Crippen molar-refractivity contribution in [3.05, 3.63) is 35.5 Å². The Morgan fingerprint density at radius 1 is 1.16 bits per heavy atom. The molecule has 0 saturated carbocycles. The maximum absolute atomic E-state index is 6.13. The second-order valence-electron chi connectivity index (χ2n) is 6.07. The fourth-order valence-corrected chi connectivity index (χ4v) is 3.67. The highest BCUT2D eigenvalue weighted by Crippen LogP contribution is 2.27. The van der Waals surface area contributed by atoms with Crippen molar-refractivity contribution in [1.29, 1.82) is 0 Å². The first-order chi connectivity index (χ1) is 12.1. The number of aromatic nitrogens is 5. The van der Waals surface area contributed by atoms with E-state index < -0.39 is 0 Å². The Labute approximate surface area is 152 Å². The molecule has 25 heavy (non-hydrogen) atoms. The van der Waals surface area contributed by atoms with Gasteiger partial charge in [-0.2, -0.15) is 0 Å². The van der Waals surface area contributed by atoms with Crippen LogP contribution in [0.15, 0.2) is 23.6 Å². The van der Waals surface area contributed by atoms with Gasteiger partial charge in [0.2, 0.25) is 0 Å². The average Bonchev–Trinajstić information content (AvgIpc) is 2.97. The van der Waals surface area contributed by atoms with E-state index in [1.54, 1.807) is 24.2 Å². The van der Waals surface area contributed by atoms with Gasteiger partial charge >= 0.3 is 0 Å². The molecule has 3 aromatic rings. The zero-order valence-electron chi connectivity index (χ0n) is 15.0. The maximum Gasteiger partial charge on any atom is 0.187 e. The summed E-state index contributed by atoms with van der Waals surface area (Å²) in [5, 5.41) is 0.826. The van der Waals surface area contributed by atoms with Gasteiger partial charge in [0.05, 0.1) is 5.52 Å². The lowest BCUT2D eigenvalue weighted by atomic mass is 10.2. The molecule has 3 heterocycles. The Kier molecular flexibility index (Phi) is 5.53. The number of hydrogen-bond acceptors (Lipinski definition) is 6. The number of nitrogens with zero attached hydrogens (tertiary/aromatic N) is 5. The van der Waals surface area contributed by atoms with Crippen LogP contribution in [0.25, 0.3) is 11.0 Å². The third kappa shape index (κ3) is 3.76. The van der Waals surface area contributed by atoms with Gasteiger partial charge in [-0.05, 0) is 38.3 Å². The van der Waals surface area contributed by atoms with Crippen molar-refractivity contribution >= 4 is 28.6 Å². The third-order valence-electron chi connectivity index (χ3n) is 4.25. The molecule has 7 heteroatoms. The molecule has 0 spiro atoms. The summed E-state index contributed by atoms with van der Waals surface area (Å²) in [5.41, 5.74) is 10.2. The van der Waals surface area contributed by atoms with Crippen LogP contribution in [0.3, 0.4) is 0 Å². The molecular weight excluding hydrogens is 332 g/mol.